The molecule has 6 nitrogen and oxygen atoms in total. The number of carbonyl (C=O) groups excluding carboxylic acids is 1. The molecular weight excluding hydrogens is 348 g/mol. The Morgan fingerprint density at radius 2 is 1.93 bits per heavy atom. The molecule has 0 saturated carbocycles. The van der Waals surface area contributed by atoms with Crippen LogP contribution in [0.1, 0.15) is 58.4 Å². The monoisotopic (exact) mass is 370 g/mol. The van der Waals surface area contributed by atoms with E-state index in [2.05, 4.69) is 0 Å². The largest absolute Gasteiger partial charge is 0.508 e. The molecule has 142 valence electrons. The first kappa shape index (κ1) is 18.0. The highest BCUT2D eigenvalue weighted by Crippen LogP contribution is 2.50. The quantitative estimate of drug-likeness (QED) is 0.864. The molecule has 0 bridgehead atoms. The van der Waals surface area contributed by atoms with E-state index in [1.165, 1.54) is 7.11 Å². The number of aromatic hydroxyl groups is 1. The minimum atomic E-state index is -1.09. The molecule has 27 heavy (non-hydrogen) atoms. The Balaban J connectivity index is 1.91. The normalized spacial score (nSPS) is 26.6. The Morgan fingerprint density at radius 3 is 2.63 bits per heavy atom. The molecule has 1 aliphatic heterocycles. The second-order valence-electron chi connectivity index (χ2n) is 7.35. The molecule has 0 fully saturated rings. The number of ether oxygens (including phenoxy) is 3. The standard InChI is InChI=1S/C21H22O6/c1-21(24)9-11-7-8-13(22)18(16(11)14(23)10-21)19-12-5-4-6-15(25-2)17(12)20(26-3)27-19/h4-8,19-20,22,24H,9-10H2,1-3H3/t19-,20-,21?/m1/s1. The zero-order valence-electron chi connectivity index (χ0n) is 15.5. The molecule has 1 heterocycles. The van der Waals surface area contributed by atoms with Crippen LogP contribution in [0.4, 0.5) is 0 Å². The zero-order valence-corrected chi connectivity index (χ0v) is 15.5. The summed E-state index contributed by atoms with van der Waals surface area (Å²) in [5.41, 5.74) is 2.00. The first-order valence-corrected chi connectivity index (χ1v) is 8.81. The van der Waals surface area contributed by atoms with Crippen LogP contribution in [0, 0.1) is 0 Å². The number of benzene rings is 2. The summed E-state index contributed by atoms with van der Waals surface area (Å²) >= 11 is 0. The molecule has 1 aliphatic carbocycles. The van der Waals surface area contributed by atoms with Gasteiger partial charge in [0.15, 0.2) is 12.1 Å². The number of Topliss-reactive ketones (excluding diaryl/α,β-unsaturated/α-hetero) is 1. The van der Waals surface area contributed by atoms with Crippen molar-refractivity contribution in [3.05, 3.63) is 58.1 Å². The van der Waals surface area contributed by atoms with E-state index in [0.717, 1.165) is 11.1 Å². The fourth-order valence-corrected chi connectivity index (χ4v) is 4.18. The van der Waals surface area contributed by atoms with Gasteiger partial charge < -0.3 is 24.4 Å². The van der Waals surface area contributed by atoms with Crippen LogP contribution in [-0.4, -0.2) is 35.8 Å². The number of aliphatic hydroxyl groups is 1. The maximum atomic E-state index is 12.8. The minimum absolute atomic E-state index is 0.00183. The van der Waals surface area contributed by atoms with Gasteiger partial charge in [-0.1, -0.05) is 18.2 Å². The van der Waals surface area contributed by atoms with E-state index < -0.39 is 18.0 Å². The van der Waals surface area contributed by atoms with Crippen LogP contribution < -0.4 is 4.74 Å². The first-order chi connectivity index (χ1) is 12.9. The molecule has 6 heteroatoms. The zero-order chi connectivity index (χ0) is 19.3. The Labute approximate surface area is 157 Å². The predicted molar refractivity (Wildman–Crippen MR) is 97.1 cm³/mol. The van der Waals surface area contributed by atoms with E-state index in [4.69, 9.17) is 14.2 Å². The fraction of sp³-hybridized carbons (Fsp3) is 0.381. The van der Waals surface area contributed by atoms with Gasteiger partial charge in [0.05, 0.1) is 18.3 Å². The molecule has 3 atom stereocenters. The second kappa shape index (κ2) is 6.34. The average molecular weight is 370 g/mol. The van der Waals surface area contributed by atoms with Crippen molar-refractivity contribution in [2.75, 3.05) is 14.2 Å². The lowest BCUT2D eigenvalue weighted by Gasteiger charge is -2.31. The van der Waals surface area contributed by atoms with Gasteiger partial charge in [0.2, 0.25) is 0 Å². The van der Waals surface area contributed by atoms with Crippen molar-refractivity contribution in [2.24, 2.45) is 0 Å². The number of fused-ring (bicyclic) bond motifs is 2. The van der Waals surface area contributed by atoms with Crippen molar-refractivity contribution in [1.29, 1.82) is 0 Å². The van der Waals surface area contributed by atoms with Crippen LogP contribution in [0.3, 0.4) is 0 Å². The van der Waals surface area contributed by atoms with E-state index in [1.54, 1.807) is 26.2 Å². The number of hydrogen-bond acceptors (Lipinski definition) is 6. The molecule has 0 radical (unpaired) electrons. The van der Waals surface area contributed by atoms with Crippen molar-refractivity contribution in [1.82, 2.24) is 0 Å². The van der Waals surface area contributed by atoms with Crippen molar-refractivity contribution in [3.63, 3.8) is 0 Å². The molecular formula is C21H22O6. The highest BCUT2D eigenvalue weighted by Gasteiger charge is 2.42. The summed E-state index contributed by atoms with van der Waals surface area (Å²) in [7, 11) is 3.11. The van der Waals surface area contributed by atoms with Crippen LogP contribution in [0.15, 0.2) is 30.3 Å². The third-order valence-corrected chi connectivity index (χ3v) is 5.27. The third-order valence-electron chi connectivity index (χ3n) is 5.27. The van der Waals surface area contributed by atoms with Gasteiger partial charge in [0, 0.05) is 31.1 Å². The lowest BCUT2D eigenvalue weighted by Crippen LogP contribution is -2.36. The van der Waals surface area contributed by atoms with Crippen molar-refractivity contribution in [2.45, 2.75) is 37.8 Å². The van der Waals surface area contributed by atoms with Gasteiger partial charge in [-0.05, 0) is 30.2 Å². The molecule has 2 N–H and O–H groups in total. The number of rotatable bonds is 3. The predicted octanol–water partition coefficient (Wildman–Crippen LogP) is 3.05. The molecule has 2 aliphatic rings. The molecule has 1 unspecified atom stereocenters. The summed E-state index contributed by atoms with van der Waals surface area (Å²) in [5, 5.41) is 21.0. The number of methoxy groups -OCH3 is 2. The highest BCUT2D eigenvalue weighted by atomic mass is 16.7. The van der Waals surface area contributed by atoms with Crippen LogP contribution >= 0.6 is 0 Å². The molecule has 2 aromatic rings. The van der Waals surface area contributed by atoms with E-state index in [0.29, 0.717) is 28.9 Å². The van der Waals surface area contributed by atoms with E-state index in [9.17, 15) is 15.0 Å². The summed E-state index contributed by atoms with van der Waals surface area (Å²) in [4.78, 5) is 12.8. The number of hydrogen-bond donors (Lipinski definition) is 2. The number of ketones is 1. The SMILES string of the molecule is COc1cccc2c1[C@H](OC)O[C@H]2c1c(O)ccc2c1C(=O)CC(C)(O)C2. The fourth-order valence-electron chi connectivity index (χ4n) is 4.18. The van der Waals surface area contributed by atoms with Gasteiger partial charge >= 0.3 is 0 Å². The van der Waals surface area contributed by atoms with Crippen LogP contribution in [0.2, 0.25) is 0 Å². The Bertz CT molecular complexity index is 917. The first-order valence-electron chi connectivity index (χ1n) is 8.81. The number of phenolic OH excluding ortho intramolecular Hbond substituents is 1. The summed E-state index contributed by atoms with van der Waals surface area (Å²) in [6.45, 7) is 1.65. The van der Waals surface area contributed by atoms with Gasteiger partial charge in [0.1, 0.15) is 17.6 Å². The Morgan fingerprint density at radius 1 is 1.15 bits per heavy atom. The van der Waals surface area contributed by atoms with Crippen LogP contribution in [-0.2, 0) is 15.9 Å². The van der Waals surface area contributed by atoms with Gasteiger partial charge in [-0.25, -0.2) is 0 Å². The molecule has 0 saturated heterocycles. The van der Waals surface area contributed by atoms with Crippen molar-refractivity contribution in [3.8, 4) is 11.5 Å². The lowest BCUT2D eigenvalue weighted by atomic mass is 9.77. The second-order valence-corrected chi connectivity index (χ2v) is 7.35. The summed E-state index contributed by atoms with van der Waals surface area (Å²) in [5.74, 6) is 0.403. The maximum Gasteiger partial charge on any atom is 0.188 e. The maximum absolute atomic E-state index is 12.8. The van der Waals surface area contributed by atoms with Gasteiger partial charge in [-0.2, -0.15) is 0 Å². The number of carbonyl (C=O) groups is 1. The minimum Gasteiger partial charge on any atom is -0.508 e. The lowest BCUT2D eigenvalue weighted by molar-refractivity contribution is -0.133. The molecule has 2 aromatic carbocycles. The summed E-state index contributed by atoms with van der Waals surface area (Å²) in [6.07, 6.45) is -0.991. The van der Waals surface area contributed by atoms with Gasteiger partial charge in [-0.15, -0.1) is 0 Å². The van der Waals surface area contributed by atoms with E-state index in [-0.39, 0.29) is 18.0 Å². The molecule has 4 rings (SSSR count). The smallest absolute Gasteiger partial charge is 0.188 e. The van der Waals surface area contributed by atoms with Crippen molar-refractivity contribution >= 4 is 5.78 Å². The van der Waals surface area contributed by atoms with E-state index >= 15 is 0 Å². The average Bonchev–Trinajstić information content (AvgIpc) is 3.00. The Kier molecular flexibility index (Phi) is 4.22. The van der Waals surface area contributed by atoms with Crippen LogP contribution in [0.5, 0.6) is 11.5 Å². The molecule has 0 spiro atoms. The van der Waals surface area contributed by atoms with Crippen molar-refractivity contribution < 1.29 is 29.2 Å². The highest BCUT2D eigenvalue weighted by molar-refractivity contribution is 6.01. The van der Waals surface area contributed by atoms with E-state index in [1.807, 2.05) is 18.2 Å². The van der Waals surface area contributed by atoms with Gasteiger partial charge in [-0.3, -0.25) is 4.79 Å². The number of phenols is 1. The third kappa shape index (κ3) is 2.81. The summed E-state index contributed by atoms with van der Waals surface area (Å²) in [6, 6.07) is 8.77. The Hall–Kier alpha value is -2.41. The topological polar surface area (TPSA) is 85.2 Å². The molecule has 0 amide bonds. The van der Waals surface area contributed by atoms with Gasteiger partial charge in [0.25, 0.3) is 0 Å². The summed E-state index contributed by atoms with van der Waals surface area (Å²) < 4.78 is 17.0. The molecule has 0 aromatic heterocycles. The van der Waals surface area contributed by atoms with Crippen LogP contribution in [0.25, 0.3) is 0 Å².